The molecule has 3 heterocycles. The van der Waals surface area contributed by atoms with Crippen LogP contribution in [0.5, 0.6) is 0 Å². The van der Waals surface area contributed by atoms with E-state index in [1.807, 2.05) is 33.0 Å². The molecule has 2 unspecified atom stereocenters. The van der Waals surface area contributed by atoms with Crippen LogP contribution in [0.2, 0.25) is 0 Å². The van der Waals surface area contributed by atoms with E-state index >= 15 is 0 Å². The first-order valence-electron chi connectivity index (χ1n) is 15.1. The number of aromatic nitrogens is 1. The van der Waals surface area contributed by atoms with Crippen LogP contribution in [0.25, 0.3) is 0 Å². The molecule has 2 aliphatic heterocycles. The summed E-state index contributed by atoms with van der Waals surface area (Å²) >= 11 is 0. The van der Waals surface area contributed by atoms with Gasteiger partial charge in [0.25, 0.3) is 0 Å². The van der Waals surface area contributed by atoms with Gasteiger partial charge in [0.15, 0.2) is 5.82 Å². The predicted octanol–water partition coefficient (Wildman–Crippen LogP) is 5.42. The molecule has 8 nitrogen and oxygen atoms in total. The minimum atomic E-state index is -0.283. The number of carbonyl (C=O) groups is 2. The van der Waals surface area contributed by atoms with Gasteiger partial charge >= 0.3 is 0 Å². The molecule has 1 aromatic rings. The van der Waals surface area contributed by atoms with Crippen molar-refractivity contribution in [1.29, 1.82) is 0 Å². The van der Waals surface area contributed by atoms with Gasteiger partial charge in [-0.1, -0.05) is 46.3 Å². The van der Waals surface area contributed by atoms with Crippen LogP contribution in [-0.4, -0.2) is 72.7 Å². The van der Waals surface area contributed by atoms with Gasteiger partial charge in [-0.25, -0.2) is 9.98 Å². The Morgan fingerprint density at radius 1 is 1.18 bits per heavy atom. The number of nitrogens with zero attached hydrogens (tertiary/aromatic N) is 5. The maximum absolute atomic E-state index is 13.2. The van der Waals surface area contributed by atoms with E-state index in [0.29, 0.717) is 11.9 Å². The molecule has 3 aliphatic rings. The Hall–Kier alpha value is -3.00. The van der Waals surface area contributed by atoms with E-state index in [1.54, 1.807) is 11.1 Å². The van der Waals surface area contributed by atoms with Gasteiger partial charge in [-0.15, -0.1) is 0 Å². The van der Waals surface area contributed by atoms with E-state index in [-0.39, 0.29) is 29.8 Å². The molecule has 1 aliphatic carbocycles. The molecule has 0 aromatic carbocycles. The molecule has 4 rings (SSSR count). The number of likely N-dealkylation sites (tertiary alicyclic amines) is 1. The van der Waals surface area contributed by atoms with Crippen LogP contribution in [0.4, 0.5) is 17.2 Å². The number of likely N-dealkylation sites (N-methyl/N-ethyl adjacent to an activating group) is 1. The van der Waals surface area contributed by atoms with Gasteiger partial charge in [-0.3, -0.25) is 9.59 Å². The highest BCUT2D eigenvalue weighted by Crippen LogP contribution is 2.42. The summed E-state index contributed by atoms with van der Waals surface area (Å²) in [6, 6.07) is 2.45. The first-order valence-corrected chi connectivity index (χ1v) is 15.1. The highest BCUT2D eigenvalue weighted by Gasteiger charge is 2.40. The lowest BCUT2D eigenvalue weighted by atomic mass is 9.98. The lowest BCUT2D eigenvalue weighted by molar-refractivity contribution is -0.124. The van der Waals surface area contributed by atoms with E-state index in [1.165, 1.54) is 12.8 Å². The van der Waals surface area contributed by atoms with Crippen molar-refractivity contribution < 1.29 is 9.59 Å². The first-order chi connectivity index (χ1) is 19.1. The van der Waals surface area contributed by atoms with Crippen molar-refractivity contribution in [2.24, 2.45) is 10.9 Å². The largest absolute Gasteiger partial charge is 0.355 e. The van der Waals surface area contributed by atoms with Gasteiger partial charge in [0.1, 0.15) is 6.04 Å². The molecular formula is C32H48N6O2. The molecular weight excluding hydrogens is 500 g/mol. The zero-order valence-corrected chi connectivity index (χ0v) is 25.4. The van der Waals surface area contributed by atoms with Gasteiger partial charge in [0.2, 0.25) is 11.8 Å². The average Bonchev–Trinajstić information content (AvgIpc) is 3.48. The number of piperidine rings is 1. The molecule has 1 N–H and O–H groups in total. The van der Waals surface area contributed by atoms with Crippen LogP contribution >= 0.6 is 0 Å². The number of anilines is 2. The minimum Gasteiger partial charge on any atom is -0.355 e. The number of nitrogens with one attached hydrogen (secondary N) is 1. The van der Waals surface area contributed by atoms with Gasteiger partial charge < -0.3 is 20.0 Å². The Labute approximate surface area is 240 Å². The summed E-state index contributed by atoms with van der Waals surface area (Å²) in [5.41, 5.74) is 4.46. The van der Waals surface area contributed by atoms with Crippen LogP contribution < -0.4 is 15.1 Å². The minimum absolute atomic E-state index is 0.0489. The standard InChI is InChI=1S/C32H48N6O2/c1-8-21(3)30(22(4)18-23(5)31(39)34-24-14-16-36(6)17-15-24)35-29-19-27-28(20-33-29)37(7)32(40)26(9-2)38(27)25-12-10-11-13-25/h18-20,23-26H,3,8-17H2,1-2,4-7H3,(H,34,39). The third kappa shape index (κ3) is 6.48. The molecule has 0 bridgehead atoms. The summed E-state index contributed by atoms with van der Waals surface area (Å²) in [6.07, 6.45) is 11.8. The topological polar surface area (TPSA) is 81.1 Å². The predicted molar refractivity (Wildman–Crippen MR) is 165 cm³/mol. The molecule has 40 heavy (non-hydrogen) atoms. The fourth-order valence-electron chi connectivity index (χ4n) is 6.33. The number of fused-ring (bicyclic) bond motifs is 1. The van der Waals surface area contributed by atoms with Gasteiger partial charge in [0.05, 0.1) is 29.2 Å². The smallest absolute Gasteiger partial charge is 0.249 e. The second-order valence-electron chi connectivity index (χ2n) is 11.8. The summed E-state index contributed by atoms with van der Waals surface area (Å²) in [7, 11) is 3.97. The van der Waals surface area contributed by atoms with Gasteiger partial charge in [-0.2, -0.15) is 0 Å². The van der Waals surface area contributed by atoms with Crippen molar-refractivity contribution in [1.82, 2.24) is 15.2 Å². The second kappa shape index (κ2) is 13.1. The SMILES string of the molecule is C=C(CC)C(=Nc1cc2c(cn1)N(C)C(=O)C(CC)N2C1CCCC1)C(C)=CC(C)C(=O)NC1CCN(C)CC1. The summed E-state index contributed by atoms with van der Waals surface area (Å²) in [6.45, 7) is 14.4. The second-order valence-corrected chi connectivity index (χ2v) is 11.8. The molecule has 2 amide bonds. The van der Waals surface area contributed by atoms with Crippen molar-refractivity contribution >= 4 is 34.7 Å². The number of amides is 2. The van der Waals surface area contributed by atoms with E-state index < -0.39 is 0 Å². The zero-order chi connectivity index (χ0) is 29.0. The van der Waals surface area contributed by atoms with Gasteiger partial charge in [-0.05, 0) is 76.7 Å². The molecule has 1 saturated heterocycles. The monoisotopic (exact) mass is 548 g/mol. The van der Waals surface area contributed by atoms with Crippen LogP contribution in [-0.2, 0) is 9.59 Å². The van der Waals surface area contributed by atoms with E-state index in [2.05, 4.69) is 47.6 Å². The third-order valence-electron chi connectivity index (χ3n) is 8.88. The normalized spacial score (nSPS) is 22.4. The van der Waals surface area contributed by atoms with E-state index in [4.69, 9.17) is 4.99 Å². The zero-order valence-electron chi connectivity index (χ0n) is 25.4. The molecule has 0 radical (unpaired) electrons. The number of hydrogen-bond acceptors (Lipinski definition) is 6. The Morgan fingerprint density at radius 2 is 1.85 bits per heavy atom. The third-order valence-corrected chi connectivity index (χ3v) is 8.88. The molecule has 218 valence electrons. The van der Waals surface area contributed by atoms with E-state index in [9.17, 15) is 9.59 Å². The van der Waals surface area contributed by atoms with Crippen LogP contribution in [0, 0.1) is 5.92 Å². The van der Waals surface area contributed by atoms with Crippen molar-refractivity contribution in [3.05, 3.63) is 36.1 Å². The number of allylic oxidation sites excluding steroid dienone is 2. The Kier molecular flexibility index (Phi) is 9.82. The van der Waals surface area contributed by atoms with Gasteiger partial charge in [0, 0.05) is 25.2 Å². The molecule has 1 aromatic heterocycles. The summed E-state index contributed by atoms with van der Waals surface area (Å²) in [5, 5.41) is 3.24. The quantitative estimate of drug-likeness (QED) is 0.417. The Morgan fingerprint density at radius 3 is 2.48 bits per heavy atom. The Balaban J connectivity index is 1.62. The van der Waals surface area contributed by atoms with Crippen LogP contribution in [0.15, 0.2) is 41.1 Å². The maximum Gasteiger partial charge on any atom is 0.249 e. The van der Waals surface area contributed by atoms with Crippen molar-refractivity contribution in [3.63, 3.8) is 0 Å². The lowest BCUT2D eigenvalue weighted by Gasteiger charge is -2.44. The highest BCUT2D eigenvalue weighted by atomic mass is 16.2. The highest BCUT2D eigenvalue weighted by molar-refractivity contribution is 6.13. The number of rotatable bonds is 9. The molecule has 8 heteroatoms. The van der Waals surface area contributed by atoms with Crippen molar-refractivity contribution in [2.45, 2.75) is 97.2 Å². The van der Waals surface area contributed by atoms with Crippen molar-refractivity contribution in [2.75, 3.05) is 37.0 Å². The van der Waals surface area contributed by atoms with Crippen LogP contribution in [0.1, 0.15) is 79.1 Å². The maximum atomic E-state index is 13.2. The van der Waals surface area contributed by atoms with Crippen molar-refractivity contribution in [3.8, 4) is 0 Å². The van der Waals surface area contributed by atoms with Crippen LogP contribution in [0.3, 0.4) is 0 Å². The fourth-order valence-corrected chi connectivity index (χ4v) is 6.33. The molecule has 1 saturated carbocycles. The lowest BCUT2D eigenvalue weighted by Crippen LogP contribution is -2.55. The Bertz CT molecular complexity index is 1160. The number of pyridine rings is 1. The number of aliphatic imine (C=N–C) groups is 1. The summed E-state index contributed by atoms with van der Waals surface area (Å²) < 4.78 is 0. The average molecular weight is 549 g/mol. The first kappa shape index (κ1) is 30.0. The molecule has 2 atom stereocenters. The summed E-state index contributed by atoms with van der Waals surface area (Å²) in [5.74, 6) is 0.494. The molecule has 2 fully saturated rings. The number of carbonyl (C=O) groups excluding carboxylic acids is 2. The molecule has 0 spiro atoms. The fraction of sp³-hybridized carbons (Fsp3) is 0.625. The number of hydrogen-bond donors (Lipinski definition) is 1. The van der Waals surface area contributed by atoms with E-state index in [0.717, 1.165) is 79.8 Å². The summed E-state index contributed by atoms with van der Waals surface area (Å²) in [4.78, 5) is 42.3.